The van der Waals surface area contributed by atoms with Crippen LogP contribution in [-0.2, 0) is 0 Å². The first kappa shape index (κ1) is 30.1. The summed E-state index contributed by atoms with van der Waals surface area (Å²) in [5.74, 6) is 0. The van der Waals surface area contributed by atoms with E-state index in [0.29, 0.717) is 0 Å². The van der Waals surface area contributed by atoms with Gasteiger partial charge in [0.15, 0.2) is 0 Å². The first-order valence-electron chi connectivity index (χ1n) is 17.3. The number of aromatic nitrogens is 1. The minimum absolute atomic E-state index is 1.16. The predicted octanol–water partition coefficient (Wildman–Crippen LogP) is 14.1. The van der Waals surface area contributed by atoms with Crippen LogP contribution in [0.3, 0.4) is 0 Å². The van der Waals surface area contributed by atoms with Crippen molar-refractivity contribution in [2.45, 2.75) is 19.6 Å². The molecule has 10 rings (SSSR count). The first-order valence-corrected chi connectivity index (χ1v) is 18.9. The van der Waals surface area contributed by atoms with Gasteiger partial charge < -0.3 is 4.57 Å². The Morgan fingerprint density at radius 1 is 0.333 bits per heavy atom. The van der Waals surface area contributed by atoms with Crippen molar-refractivity contribution in [1.29, 1.82) is 0 Å². The Morgan fingerprint density at radius 2 is 0.882 bits per heavy atom. The second-order valence-electron chi connectivity index (χ2n) is 12.8. The lowest BCUT2D eigenvalue weighted by molar-refractivity contribution is 1.18. The van der Waals surface area contributed by atoms with Crippen molar-refractivity contribution in [2.75, 3.05) is 0 Å². The molecule has 3 heteroatoms. The zero-order valence-electron chi connectivity index (χ0n) is 27.7. The van der Waals surface area contributed by atoms with Crippen molar-refractivity contribution in [1.82, 2.24) is 4.57 Å². The van der Waals surface area contributed by atoms with Crippen molar-refractivity contribution in [3.8, 4) is 50.2 Å². The summed E-state index contributed by atoms with van der Waals surface area (Å²) in [6, 6.07) is 68.7. The van der Waals surface area contributed by atoms with E-state index in [1.54, 1.807) is 0 Å². The van der Waals surface area contributed by atoms with Gasteiger partial charge in [0, 0.05) is 47.2 Å². The predicted molar refractivity (Wildman–Crippen MR) is 217 cm³/mol. The van der Waals surface area contributed by atoms with E-state index in [-0.39, 0.29) is 0 Å². The third-order valence-electron chi connectivity index (χ3n) is 9.89. The molecule has 9 aromatic rings. The summed E-state index contributed by atoms with van der Waals surface area (Å²) in [5.41, 5.74) is 13.5. The molecule has 0 saturated carbocycles. The standard InChI is InChI=1S/C48H31NS2/c1-3-16-32(17-4-1)34-23-13-27-40-36-21-8-11-29-43(36)50-44-30-12-9-22-41(44)46-37(24-15-31-45(46)51-48(34)40)39-26-14-25-38-35-20-7-10-28-42(35)49(47(38)39)33-18-5-2-6-19-33/h1-31H. The van der Waals surface area contributed by atoms with Crippen LogP contribution in [0.4, 0.5) is 0 Å². The highest BCUT2D eigenvalue weighted by atomic mass is 32.2. The molecule has 0 fully saturated rings. The van der Waals surface area contributed by atoms with Crippen molar-refractivity contribution in [3.05, 3.63) is 188 Å². The average molecular weight is 686 g/mol. The normalized spacial score (nSPS) is 12.2. The molecule has 1 aliphatic rings. The van der Waals surface area contributed by atoms with E-state index in [4.69, 9.17) is 0 Å². The molecular weight excluding hydrogens is 655 g/mol. The molecule has 0 bridgehead atoms. The Bertz CT molecular complexity index is 2740. The Kier molecular flexibility index (Phi) is 7.41. The fourth-order valence-electron chi connectivity index (χ4n) is 7.67. The summed E-state index contributed by atoms with van der Waals surface area (Å²) in [6.07, 6.45) is 0. The van der Waals surface area contributed by atoms with Gasteiger partial charge in [-0.25, -0.2) is 0 Å². The second kappa shape index (κ2) is 12.5. The highest BCUT2D eigenvalue weighted by Crippen LogP contribution is 2.53. The van der Waals surface area contributed by atoms with Crippen molar-refractivity contribution in [2.24, 2.45) is 0 Å². The minimum atomic E-state index is 1.16. The van der Waals surface area contributed by atoms with Gasteiger partial charge in [-0.15, -0.1) is 0 Å². The van der Waals surface area contributed by atoms with Gasteiger partial charge in [-0.1, -0.05) is 175 Å². The highest BCUT2D eigenvalue weighted by molar-refractivity contribution is 8.00. The van der Waals surface area contributed by atoms with Gasteiger partial charge in [0.05, 0.1) is 11.0 Å². The summed E-state index contributed by atoms with van der Waals surface area (Å²) in [5, 5.41) is 2.51. The summed E-state index contributed by atoms with van der Waals surface area (Å²) in [7, 11) is 0. The van der Waals surface area contributed by atoms with Crippen LogP contribution in [0.2, 0.25) is 0 Å². The number of para-hydroxylation sites is 3. The number of fused-ring (bicyclic) bond motifs is 9. The van der Waals surface area contributed by atoms with Gasteiger partial charge in [0.2, 0.25) is 0 Å². The first-order chi connectivity index (χ1) is 25.3. The second-order valence-corrected chi connectivity index (χ2v) is 14.9. The van der Waals surface area contributed by atoms with E-state index in [1.165, 1.54) is 85.9 Å². The lowest BCUT2D eigenvalue weighted by Gasteiger charge is -2.24. The molecule has 240 valence electrons. The number of hydrogen-bond donors (Lipinski definition) is 0. The monoisotopic (exact) mass is 685 g/mol. The number of benzene rings is 8. The van der Waals surface area contributed by atoms with Crippen LogP contribution >= 0.6 is 23.5 Å². The largest absolute Gasteiger partial charge is 0.309 e. The van der Waals surface area contributed by atoms with Crippen LogP contribution < -0.4 is 0 Å². The zero-order valence-corrected chi connectivity index (χ0v) is 29.3. The fourth-order valence-corrected chi connectivity index (χ4v) is 10.0. The zero-order chi connectivity index (χ0) is 33.7. The van der Waals surface area contributed by atoms with E-state index < -0.39 is 0 Å². The molecule has 0 N–H and O–H groups in total. The molecule has 0 spiro atoms. The summed E-state index contributed by atoms with van der Waals surface area (Å²) < 4.78 is 2.45. The maximum atomic E-state index is 2.45. The van der Waals surface area contributed by atoms with Crippen LogP contribution in [0, 0.1) is 0 Å². The summed E-state index contributed by atoms with van der Waals surface area (Å²) >= 11 is 3.76. The van der Waals surface area contributed by atoms with Gasteiger partial charge >= 0.3 is 0 Å². The average Bonchev–Trinajstić information content (AvgIpc) is 3.54. The molecule has 8 aromatic carbocycles. The maximum Gasteiger partial charge on any atom is 0.0619 e. The van der Waals surface area contributed by atoms with E-state index in [1.807, 2.05) is 23.5 Å². The van der Waals surface area contributed by atoms with E-state index >= 15 is 0 Å². The van der Waals surface area contributed by atoms with Crippen LogP contribution in [0.5, 0.6) is 0 Å². The SMILES string of the molecule is c1ccc(-c2cccc3c2Sc2cccc(-c4cccc5c6ccccc6n(-c6ccccc6)c45)c2-c2ccccc2Sc2ccccc2-3)cc1. The smallest absolute Gasteiger partial charge is 0.0619 e. The van der Waals surface area contributed by atoms with Crippen LogP contribution in [0.15, 0.2) is 208 Å². The van der Waals surface area contributed by atoms with Gasteiger partial charge in [0.1, 0.15) is 0 Å². The molecule has 1 nitrogen and oxygen atoms in total. The summed E-state index contributed by atoms with van der Waals surface area (Å²) in [6.45, 7) is 0. The molecule has 0 aliphatic carbocycles. The maximum absolute atomic E-state index is 2.45. The van der Waals surface area contributed by atoms with Crippen LogP contribution in [-0.4, -0.2) is 4.57 Å². The van der Waals surface area contributed by atoms with E-state index in [0.717, 1.165) is 5.69 Å². The van der Waals surface area contributed by atoms with Crippen molar-refractivity contribution < 1.29 is 0 Å². The van der Waals surface area contributed by atoms with Crippen LogP contribution in [0.1, 0.15) is 0 Å². The Balaban J connectivity index is 1.31. The van der Waals surface area contributed by atoms with Gasteiger partial charge in [-0.05, 0) is 69.8 Å². The minimum Gasteiger partial charge on any atom is -0.309 e. The molecule has 0 unspecified atom stereocenters. The topological polar surface area (TPSA) is 4.93 Å². The molecule has 0 atom stereocenters. The number of rotatable bonds is 3. The molecular formula is C48H31NS2. The molecule has 51 heavy (non-hydrogen) atoms. The third-order valence-corrected chi connectivity index (χ3v) is 12.2. The quantitative estimate of drug-likeness (QED) is 0.182. The number of hydrogen-bond acceptors (Lipinski definition) is 2. The lowest BCUT2D eigenvalue weighted by atomic mass is 9.93. The molecule has 0 saturated heterocycles. The molecule has 0 radical (unpaired) electrons. The molecule has 1 aliphatic heterocycles. The van der Waals surface area contributed by atoms with Gasteiger partial charge in [0.25, 0.3) is 0 Å². The lowest BCUT2D eigenvalue weighted by Crippen LogP contribution is -1.98. The van der Waals surface area contributed by atoms with E-state index in [9.17, 15) is 0 Å². The Hall–Kier alpha value is -5.74. The van der Waals surface area contributed by atoms with Gasteiger partial charge in [-0.3, -0.25) is 0 Å². The fraction of sp³-hybridized carbons (Fsp3) is 0. The van der Waals surface area contributed by atoms with Gasteiger partial charge in [-0.2, -0.15) is 0 Å². The molecule has 2 heterocycles. The van der Waals surface area contributed by atoms with Crippen molar-refractivity contribution >= 4 is 45.3 Å². The summed E-state index contributed by atoms with van der Waals surface area (Å²) in [4.78, 5) is 5.01. The third kappa shape index (κ3) is 5.04. The Morgan fingerprint density at radius 3 is 1.73 bits per heavy atom. The Labute approximate surface area is 306 Å². The van der Waals surface area contributed by atoms with Crippen molar-refractivity contribution in [3.63, 3.8) is 0 Å². The van der Waals surface area contributed by atoms with E-state index in [2.05, 4.69) is 193 Å². The molecule has 1 aromatic heterocycles. The highest BCUT2D eigenvalue weighted by Gasteiger charge is 2.25. The van der Waals surface area contributed by atoms with Crippen LogP contribution in [0.25, 0.3) is 72.0 Å². The molecule has 0 amide bonds. The number of nitrogens with zero attached hydrogens (tertiary/aromatic N) is 1.